The van der Waals surface area contributed by atoms with Gasteiger partial charge in [-0.3, -0.25) is 8.37 Å². The van der Waals surface area contributed by atoms with Gasteiger partial charge in [-0.25, -0.2) is 0 Å². The van der Waals surface area contributed by atoms with Gasteiger partial charge >= 0.3 is 0 Å². The first-order valence-corrected chi connectivity index (χ1v) is 27.0. The normalized spacial score (nSPS) is 17.8. The van der Waals surface area contributed by atoms with Crippen LogP contribution in [0.4, 0.5) is 0 Å². The third kappa shape index (κ3) is 29.2. The average Bonchev–Trinajstić information content (AvgIpc) is 3.30. The minimum atomic E-state index is -3.88. The molecule has 400 valence electrons. The van der Waals surface area contributed by atoms with Crippen molar-refractivity contribution >= 4 is 20.2 Å². The summed E-state index contributed by atoms with van der Waals surface area (Å²) in [7, 11) is -7.73. The summed E-state index contributed by atoms with van der Waals surface area (Å²) in [4.78, 5) is 0.225. The van der Waals surface area contributed by atoms with Crippen LogP contribution in [0.25, 0.3) is 0 Å². The average molecular weight is 1020 g/mol. The van der Waals surface area contributed by atoms with Gasteiger partial charge in [0.25, 0.3) is 20.2 Å². The van der Waals surface area contributed by atoms with Crippen molar-refractivity contribution in [2.24, 2.45) is 0 Å². The van der Waals surface area contributed by atoms with E-state index in [-0.39, 0.29) is 90.7 Å². The number of ether oxygens (including phenoxy) is 11. The van der Waals surface area contributed by atoms with Gasteiger partial charge in [0.2, 0.25) is 0 Å². The third-order valence-electron chi connectivity index (χ3n) is 10.1. The molecule has 0 saturated carbocycles. The SMILES string of the molecule is Cc1ccc(S(=O)(=O)OCC(C)OCC(C)OCC(C)OCC(C)OCC(C)OCC(C)OCC(C)OCC(C)OCC(C)OCC(C)OCC(C)OCC(C)OS(=O)(=O)c2ccc(C)cc2)cc1. The number of benzene rings is 2. The van der Waals surface area contributed by atoms with Crippen LogP contribution in [-0.2, 0) is 80.7 Å². The molecule has 2 aromatic carbocycles. The van der Waals surface area contributed by atoms with Crippen molar-refractivity contribution in [1.29, 1.82) is 0 Å². The van der Waals surface area contributed by atoms with Crippen LogP contribution in [0, 0.1) is 13.8 Å². The lowest BCUT2D eigenvalue weighted by atomic mass is 10.2. The first-order chi connectivity index (χ1) is 32.4. The van der Waals surface area contributed by atoms with Crippen LogP contribution in [0.15, 0.2) is 58.3 Å². The molecule has 0 aromatic heterocycles. The molecule has 0 spiro atoms. The summed E-state index contributed by atoms with van der Waals surface area (Å²) in [6, 6.07) is 13.0. The summed E-state index contributed by atoms with van der Waals surface area (Å²) in [6.07, 6.45) is -2.86. The van der Waals surface area contributed by atoms with Crippen LogP contribution in [0.1, 0.15) is 94.2 Å². The van der Waals surface area contributed by atoms with Gasteiger partial charge < -0.3 is 52.1 Å². The summed E-state index contributed by atoms with van der Waals surface area (Å²) >= 11 is 0. The van der Waals surface area contributed by atoms with Gasteiger partial charge in [-0.05, 0) is 121 Å². The zero-order valence-corrected chi connectivity index (χ0v) is 45.4. The van der Waals surface area contributed by atoms with Gasteiger partial charge in [-0.1, -0.05) is 35.4 Å². The molecule has 0 fully saturated rings. The maximum Gasteiger partial charge on any atom is 0.297 e. The van der Waals surface area contributed by atoms with E-state index in [1.165, 1.54) is 24.3 Å². The zero-order valence-electron chi connectivity index (χ0n) is 43.8. The second-order valence-corrected chi connectivity index (χ2v) is 21.5. The Morgan fingerprint density at radius 3 is 0.710 bits per heavy atom. The topological polar surface area (TPSA) is 188 Å². The monoisotopic (exact) mass is 1020 g/mol. The predicted octanol–water partition coefficient (Wildman–Crippen LogP) is 7.26. The van der Waals surface area contributed by atoms with Crippen molar-refractivity contribution < 1.29 is 77.3 Å². The Morgan fingerprint density at radius 2 is 0.478 bits per heavy atom. The van der Waals surface area contributed by atoms with Crippen molar-refractivity contribution in [1.82, 2.24) is 0 Å². The molecule has 69 heavy (non-hydrogen) atoms. The van der Waals surface area contributed by atoms with Crippen molar-refractivity contribution in [3.8, 4) is 0 Å². The molecule has 0 saturated heterocycles. The van der Waals surface area contributed by atoms with E-state index in [0.29, 0.717) is 59.5 Å². The van der Waals surface area contributed by atoms with E-state index in [0.717, 1.165) is 11.1 Å². The molecular weight excluding hydrogens is 937 g/mol. The van der Waals surface area contributed by atoms with Crippen molar-refractivity contribution in [2.45, 2.75) is 180 Å². The van der Waals surface area contributed by atoms with Crippen LogP contribution in [0.3, 0.4) is 0 Å². The van der Waals surface area contributed by atoms with Gasteiger partial charge in [0.1, 0.15) is 0 Å². The Labute approximate surface area is 415 Å². The molecular formula is C50H86O17S2. The standard InChI is InChI=1S/C50H86O17S2/c1-35-15-19-49(20-16-35)68(51,52)66-34-47(13)64-32-45(11)62-30-43(9)60-28-41(7)58-26-39(5)56-24-37(3)55-23-38(4)57-25-40(6)59-27-42(8)61-29-44(10)63-31-46(12)65-33-48(14)67-69(53,54)50-21-17-36(2)18-22-50/h15-22,37-48H,23-34H2,1-14H3. The second-order valence-electron chi connectivity index (χ2n) is 18.3. The van der Waals surface area contributed by atoms with Crippen LogP contribution < -0.4 is 0 Å². The molecule has 0 aliphatic heterocycles. The fourth-order valence-electron chi connectivity index (χ4n) is 5.79. The molecule has 0 N–H and O–H groups in total. The summed E-state index contributed by atoms with van der Waals surface area (Å²) in [5, 5.41) is 0. The highest BCUT2D eigenvalue weighted by atomic mass is 32.2. The van der Waals surface area contributed by atoms with Crippen molar-refractivity contribution in [3.05, 3.63) is 59.7 Å². The molecule has 0 amide bonds. The number of hydrogen-bond acceptors (Lipinski definition) is 17. The van der Waals surface area contributed by atoms with E-state index >= 15 is 0 Å². The lowest BCUT2D eigenvalue weighted by molar-refractivity contribution is -0.113. The maximum absolute atomic E-state index is 12.5. The van der Waals surface area contributed by atoms with Crippen molar-refractivity contribution in [2.75, 3.05) is 79.3 Å². The lowest BCUT2D eigenvalue weighted by Crippen LogP contribution is -2.31. The molecule has 0 radical (unpaired) electrons. The Hall–Kier alpha value is -2.18. The summed E-state index contributed by atoms with van der Waals surface area (Å²) < 4.78 is 125. The van der Waals surface area contributed by atoms with Crippen LogP contribution in [0.5, 0.6) is 0 Å². The molecule has 17 nitrogen and oxygen atoms in total. The molecule has 0 aliphatic rings. The van der Waals surface area contributed by atoms with Crippen LogP contribution in [-0.4, -0.2) is 169 Å². The summed E-state index contributed by atoms with van der Waals surface area (Å²) in [5.41, 5.74) is 1.93. The Kier molecular flexibility index (Phi) is 30.6. The molecule has 0 aliphatic carbocycles. The first-order valence-electron chi connectivity index (χ1n) is 24.2. The highest BCUT2D eigenvalue weighted by Crippen LogP contribution is 2.17. The van der Waals surface area contributed by atoms with Crippen LogP contribution in [0.2, 0.25) is 0 Å². The minimum absolute atomic E-state index is 0.0973. The van der Waals surface area contributed by atoms with E-state index in [4.69, 9.17) is 60.5 Å². The Morgan fingerprint density at radius 1 is 0.290 bits per heavy atom. The van der Waals surface area contributed by atoms with E-state index < -0.39 is 32.4 Å². The van der Waals surface area contributed by atoms with E-state index in [2.05, 4.69) is 0 Å². The Bertz CT molecular complexity index is 1850. The van der Waals surface area contributed by atoms with E-state index in [9.17, 15) is 16.8 Å². The first kappa shape index (κ1) is 62.9. The second kappa shape index (κ2) is 33.5. The molecule has 12 atom stereocenters. The van der Waals surface area contributed by atoms with Gasteiger partial charge in [0, 0.05) is 0 Å². The van der Waals surface area contributed by atoms with Gasteiger partial charge in [-0.2, -0.15) is 16.8 Å². The van der Waals surface area contributed by atoms with Crippen molar-refractivity contribution in [3.63, 3.8) is 0 Å². The molecule has 0 bridgehead atoms. The fourth-order valence-corrected chi connectivity index (χ4v) is 7.83. The highest BCUT2D eigenvalue weighted by molar-refractivity contribution is 7.87. The maximum atomic E-state index is 12.5. The highest BCUT2D eigenvalue weighted by Gasteiger charge is 2.22. The lowest BCUT2D eigenvalue weighted by Gasteiger charge is -2.23. The van der Waals surface area contributed by atoms with Gasteiger partial charge in [-0.15, -0.1) is 0 Å². The predicted molar refractivity (Wildman–Crippen MR) is 263 cm³/mol. The molecule has 2 aromatic rings. The van der Waals surface area contributed by atoms with Gasteiger partial charge in [0.05, 0.1) is 162 Å². The molecule has 0 heterocycles. The summed E-state index contributed by atoms with van der Waals surface area (Å²) in [6.45, 7) is 30.2. The molecule has 19 heteroatoms. The molecule has 12 unspecified atom stereocenters. The quantitative estimate of drug-likeness (QED) is 0.0606. The number of aryl methyl sites for hydroxylation is 2. The summed E-state index contributed by atoms with van der Waals surface area (Å²) in [5.74, 6) is 0. The van der Waals surface area contributed by atoms with Crippen LogP contribution >= 0.6 is 0 Å². The number of hydrogen-bond donors (Lipinski definition) is 0. The largest absolute Gasteiger partial charge is 0.373 e. The third-order valence-corrected chi connectivity index (χ3v) is 12.9. The minimum Gasteiger partial charge on any atom is -0.373 e. The smallest absolute Gasteiger partial charge is 0.297 e. The number of rotatable bonds is 40. The van der Waals surface area contributed by atoms with Gasteiger partial charge in [0.15, 0.2) is 0 Å². The Balaban J connectivity index is 1.46. The van der Waals surface area contributed by atoms with E-state index in [1.807, 2.05) is 83.1 Å². The molecule has 2 rings (SSSR count). The van der Waals surface area contributed by atoms with E-state index in [1.54, 1.807) is 38.1 Å². The zero-order chi connectivity index (χ0) is 51.6. The fraction of sp³-hybridized carbons (Fsp3) is 0.760.